The van der Waals surface area contributed by atoms with Crippen LogP contribution in [0.15, 0.2) is 24.3 Å². The van der Waals surface area contributed by atoms with E-state index in [2.05, 4.69) is 11.8 Å². The highest BCUT2D eigenvalue weighted by atomic mass is 35.5. The van der Waals surface area contributed by atoms with Gasteiger partial charge in [-0.05, 0) is 37.1 Å². The third-order valence-corrected chi connectivity index (χ3v) is 7.69. The number of piperazine rings is 1. The fourth-order valence-corrected chi connectivity index (χ4v) is 5.50. The van der Waals surface area contributed by atoms with Crippen molar-refractivity contribution in [3.05, 3.63) is 34.9 Å². The van der Waals surface area contributed by atoms with E-state index in [1.54, 1.807) is 24.3 Å². The third-order valence-electron chi connectivity index (χ3n) is 5.59. The first-order chi connectivity index (χ1) is 12.9. The summed E-state index contributed by atoms with van der Waals surface area (Å²) in [5.41, 5.74) is 0.728. The van der Waals surface area contributed by atoms with E-state index >= 15 is 0 Å². The van der Waals surface area contributed by atoms with Crippen molar-refractivity contribution in [1.29, 1.82) is 0 Å². The maximum atomic E-state index is 12.8. The van der Waals surface area contributed by atoms with Crippen molar-refractivity contribution in [3.63, 3.8) is 0 Å². The molecule has 150 valence electrons. The van der Waals surface area contributed by atoms with Crippen LogP contribution in [0.25, 0.3) is 0 Å². The highest BCUT2D eigenvalue weighted by molar-refractivity contribution is 7.88. The summed E-state index contributed by atoms with van der Waals surface area (Å²) in [5, 5.41) is 0.593. The highest BCUT2D eigenvalue weighted by Crippen LogP contribution is 2.24. The van der Waals surface area contributed by atoms with Crippen LogP contribution in [0.2, 0.25) is 5.02 Å². The molecule has 2 saturated heterocycles. The summed E-state index contributed by atoms with van der Waals surface area (Å²) in [6, 6.07) is 6.89. The second kappa shape index (κ2) is 8.90. The van der Waals surface area contributed by atoms with Crippen LogP contribution < -0.4 is 0 Å². The lowest BCUT2D eigenvalue weighted by atomic mass is 9.96. The molecule has 2 fully saturated rings. The van der Waals surface area contributed by atoms with Gasteiger partial charge in [-0.25, -0.2) is 12.7 Å². The van der Waals surface area contributed by atoms with Gasteiger partial charge in [-0.3, -0.25) is 4.79 Å². The molecule has 0 spiro atoms. The van der Waals surface area contributed by atoms with Crippen LogP contribution in [0.4, 0.5) is 0 Å². The van der Waals surface area contributed by atoms with E-state index in [0.29, 0.717) is 31.0 Å². The molecule has 2 aliphatic rings. The smallest absolute Gasteiger partial charge is 0.225 e. The number of amides is 1. The van der Waals surface area contributed by atoms with E-state index in [1.165, 1.54) is 4.31 Å². The average Bonchev–Trinajstić information content (AvgIpc) is 2.69. The number of likely N-dealkylation sites (N-methyl/N-ethyl adjacent to an activating group) is 1. The zero-order valence-electron chi connectivity index (χ0n) is 15.8. The number of rotatable bonds is 5. The molecular weight excluding hydrogens is 386 g/mol. The molecule has 0 N–H and O–H groups in total. The maximum absolute atomic E-state index is 12.8. The molecular formula is C19H28ClN3O3S. The molecule has 0 unspecified atom stereocenters. The van der Waals surface area contributed by atoms with Crippen molar-refractivity contribution in [2.75, 3.05) is 45.8 Å². The zero-order chi connectivity index (χ0) is 19.4. The largest absolute Gasteiger partial charge is 0.340 e. The van der Waals surface area contributed by atoms with Crippen molar-refractivity contribution in [3.8, 4) is 0 Å². The molecule has 2 heterocycles. The molecule has 3 rings (SSSR count). The van der Waals surface area contributed by atoms with Crippen LogP contribution in [0.5, 0.6) is 0 Å². The summed E-state index contributed by atoms with van der Waals surface area (Å²) < 4.78 is 26.9. The van der Waals surface area contributed by atoms with E-state index < -0.39 is 10.0 Å². The van der Waals surface area contributed by atoms with Gasteiger partial charge in [-0.1, -0.05) is 30.7 Å². The Morgan fingerprint density at radius 1 is 1.04 bits per heavy atom. The molecule has 1 amide bonds. The topological polar surface area (TPSA) is 60.9 Å². The minimum atomic E-state index is -3.38. The summed E-state index contributed by atoms with van der Waals surface area (Å²) in [5.74, 6) is 0.113. The van der Waals surface area contributed by atoms with Gasteiger partial charge in [0.05, 0.1) is 5.75 Å². The van der Waals surface area contributed by atoms with Gasteiger partial charge in [-0.15, -0.1) is 0 Å². The normalized spacial score (nSPS) is 20.7. The van der Waals surface area contributed by atoms with Crippen molar-refractivity contribution in [1.82, 2.24) is 14.1 Å². The molecule has 1 aromatic rings. The van der Waals surface area contributed by atoms with Crippen LogP contribution in [0.1, 0.15) is 25.3 Å². The van der Waals surface area contributed by atoms with Gasteiger partial charge < -0.3 is 9.80 Å². The van der Waals surface area contributed by atoms with Gasteiger partial charge in [0.1, 0.15) is 0 Å². The van der Waals surface area contributed by atoms with Crippen molar-refractivity contribution >= 4 is 27.5 Å². The molecule has 2 aliphatic heterocycles. The van der Waals surface area contributed by atoms with Gasteiger partial charge in [0.25, 0.3) is 0 Å². The Balaban J connectivity index is 1.52. The monoisotopic (exact) mass is 413 g/mol. The molecule has 0 atom stereocenters. The van der Waals surface area contributed by atoms with Crippen molar-refractivity contribution in [2.24, 2.45) is 5.92 Å². The Kier molecular flexibility index (Phi) is 6.78. The molecule has 8 heteroatoms. The first kappa shape index (κ1) is 20.6. The van der Waals surface area contributed by atoms with Crippen LogP contribution in [-0.4, -0.2) is 74.2 Å². The lowest BCUT2D eigenvalue weighted by Crippen LogP contribution is -2.51. The van der Waals surface area contributed by atoms with E-state index in [1.807, 2.05) is 4.90 Å². The number of piperidine rings is 1. The van der Waals surface area contributed by atoms with E-state index in [9.17, 15) is 13.2 Å². The second-order valence-corrected chi connectivity index (χ2v) is 9.72. The summed E-state index contributed by atoms with van der Waals surface area (Å²) in [4.78, 5) is 17.1. The van der Waals surface area contributed by atoms with Crippen LogP contribution >= 0.6 is 11.6 Å². The fourth-order valence-electron chi connectivity index (χ4n) is 3.81. The Bertz CT molecular complexity index is 738. The molecule has 0 aromatic heterocycles. The van der Waals surface area contributed by atoms with Gasteiger partial charge >= 0.3 is 0 Å². The lowest BCUT2D eigenvalue weighted by Gasteiger charge is -2.38. The number of carbonyl (C=O) groups excluding carboxylic acids is 1. The molecule has 0 saturated carbocycles. The molecule has 0 aliphatic carbocycles. The van der Waals surface area contributed by atoms with Crippen LogP contribution in [-0.2, 0) is 20.6 Å². The quantitative estimate of drug-likeness (QED) is 0.741. The number of benzene rings is 1. The standard InChI is InChI=1S/C19H28ClN3O3S/c1-2-21-11-13-22(14-12-21)19(24)17-7-9-23(10-8-17)27(25,26)15-16-3-5-18(20)6-4-16/h3-6,17H,2,7-15H2,1H3. The Labute approximate surface area is 167 Å². The van der Waals surface area contributed by atoms with Crippen molar-refractivity contribution in [2.45, 2.75) is 25.5 Å². The summed E-state index contributed by atoms with van der Waals surface area (Å²) >= 11 is 5.86. The predicted molar refractivity (Wildman–Crippen MR) is 107 cm³/mol. The van der Waals surface area contributed by atoms with E-state index in [-0.39, 0.29) is 17.6 Å². The third kappa shape index (κ3) is 5.22. The minimum absolute atomic E-state index is 0.0260. The Morgan fingerprint density at radius 2 is 1.63 bits per heavy atom. The Morgan fingerprint density at radius 3 is 2.19 bits per heavy atom. The maximum Gasteiger partial charge on any atom is 0.225 e. The first-order valence-corrected chi connectivity index (χ1v) is 11.6. The molecule has 1 aromatic carbocycles. The SMILES string of the molecule is CCN1CCN(C(=O)C2CCN(S(=O)(=O)Cc3ccc(Cl)cc3)CC2)CC1. The summed E-state index contributed by atoms with van der Waals surface area (Å²) in [6.07, 6.45) is 1.21. The van der Waals surface area contributed by atoms with Gasteiger partial charge in [0.2, 0.25) is 15.9 Å². The van der Waals surface area contributed by atoms with E-state index in [0.717, 1.165) is 38.3 Å². The molecule has 0 bridgehead atoms. The van der Waals surface area contributed by atoms with Gasteiger partial charge in [0, 0.05) is 50.2 Å². The predicted octanol–water partition coefficient (Wildman–Crippen LogP) is 2.05. The lowest BCUT2D eigenvalue weighted by molar-refractivity contribution is -0.138. The second-order valence-electron chi connectivity index (χ2n) is 7.32. The number of carbonyl (C=O) groups is 1. The molecule has 6 nitrogen and oxygen atoms in total. The number of hydrogen-bond acceptors (Lipinski definition) is 4. The van der Waals surface area contributed by atoms with Crippen LogP contribution in [0.3, 0.4) is 0 Å². The average molecular weight is 414 g/mol. The molecule has 27 heavy (non-hydrogen) atoms. The van der Waals surface area contributed by atoms with E-state index in [4.69, 9.17) is 11.6 Å². The number of hydrogen-bond donors (Lipinski definition) is 0. The number of halogens is 1. The number of sulfonamides is 1. The minimum Gasteiger partial charge on any atom is -0.340 e. The Hall–Kier alpha value is -1.15. The van der Waals surface area contributed by atoms with Crippen LogP contribution in [0, 0.1) is 5.92 Å². The molecule has 0 radical (unpaired) electrons. The zero-order valence-corrected chi connectivity index (χ0v) is 17.4. The first-order valence-electron chi connectivity index (χ1n) is 9.62. The van der Waals surface area contributed by atoms with Gasteiger partial charge in [0.15, 0.2) is 0 Å². The highest BCUT2D eigenvalue weighted by Gasteiger charge is 2.33. The fraction of sp³-hybridized carbons (Fsp3) is 0.632. The van der Waals surface area contributed by atoms with Crippen molar-refractivity contribution < 1.29 is 13.2 Å². The number of nitrogens with zero attached hydrogens (tertiary/aromatic N) is 3. The summed E-state index contributed by atoms with van der Waals surface area (Å²) in [7, 11) is -3.38. The summed E-state index contributed by atoms with van der Waals surface area (Å²) in [6.45, 7) is 7.41. The van der Waals surface area contributed by atoms with Gasteiger partial charge in [-0.2, -0.15) is 0 Å².